The molecule has 0 saturated carbocycles. The van der Waals surface area contributed by atoms with Crippen molar-refractivity contribution in [2.24, 2.45) is 5.92 Å². The normalized spacial score (nSPS) is 20.5. The molecule has 6 heteroatoms. The fourth-order valence-electron chi connectivity index (χ4n) is 3.46. The van der Waals surface area contributed by atoms with E-state index < -0.39 is 5.97 Å². The number of carbonyl (C=O) groups is 1. The maximum atomic E-state index is 11.1. The summed E-state index contributed by atoms with van der Waals surface area (Å²) < 4.78 is 11.4. The Morgan fingerprint density at radius 3 is 2.56 bits per heavy atom. The maximum absolute atomic E-state index is 11.1. The smallest absolute Gasteiger partial charge is 0.306 e. The van der Waals surface area contributed by atoms with Gasteiger partial charge >= 0.3 is 5.97 Å². The molecule has 1 N–H and O–H groups in total. The van der Waals surface area contributed by atoms with Crippen molar-refractivity contribution in [1.82, 2.24) is 9.80 Å². The first-order valence-corrected chi connectivity index (χ1v) is 9.18. The zero-order valence-electron chi connectivity index (χ0n) is 14.7. The number of morpholine rings is 1. The first-order chi connectivity index (χ1) is 12.2. The molecule has 2 aliphatic heterocycles. The summed E-state index contributed by atoms with van der Waals surface area (Å²) in [7, 11) is 0. The number of benzene rings is 1. The number of nitrogens with zero attached hydrogens (tertiary/aromatic N) is 2. The molecule has 3 rings (SSSR count). The molecule has 2 aliphatic rings. The standard InChI is InChI=1S/C19H28N2O4/c22-19(23)16-5-7-21(8-6-16)15-17-3-1-2-4-18(17)25-14-11-20-9-12-24-13-10-20/h1-4,16H,5-15H2,(H,22,23). The number of aliphatic carboxylic acids is 1. The van der Waals surface area contributed by atoms with Crippen molar-refractivity contribution >= 4 is 5.97 Å². The maximum Gasteiger partial charge on any atom is 0.306 e. The van der Waals surface area contributed by atoms with Gasteiger partial charge in [0.25, 0.3) is 0 Å². The summed E-state index contributed by atoms with van der Waals surface area (Å²) in [5, 5.41) is 9.11. The molecule has 6 nitrogen and oxygen atoms in total. The highest BCUT2D eigenvalue weighted by Crippen LogP contribution is 2.23. The Balaban J connectivity index is 1.48. The van der Waals surface area contributed by atoms with Crippen LogP contribution in [0.4, 0.5) is 0 Å². The van der Waals surface area contributed by atoms with Crippen LogP contribution in [-0.4, -0.2) is 73.4 Å². The van der Waals surface area contributed by atoms with Crippen LogP contribution in [-0.2, 0) is 16.1 Å². The third kappa shape index (κ3) is 5.42. The highest BCUT2D eigenvalue weighted by atomic mass is 16.5. The van der Waals surface area contributed by atoms with E-state index in [1.54, 1.807) is 0 Å². The predicted octanol–water partition coefficient (Wildman–Crippen LogP) is 1.69. The first kappa shape index (κ1) is 18.2. The summed E-state index contributed by atoms with van der Waals surface area (Å²) in [6.45, 7) is 7.65. The van der Waals surface area contributed by atoms with E-state index in [0.717, 1.165) is 71.1 Å². The molecule has 2 saturated heterocycles. The first-order valence-electron chi connectivity index (χ1n) is 9.18. The molecular formula is C19H28N2O4. The molecule has 0 aliphatic carbocycles. The Bertz CT molecular complexity index is 552. The van der Waals surface area contributed by atoms with Gasteiger partial charge in [-0.1, -0.05) is 18.2 Å². The second-order valence-electron chi connectivity index (χ2n) is 6.80. The molecule has 2 fully saturated rings. The molecule has 1 aromatic rings. The molecule has 25 heavy (non-hydrogen) atoms. The van der Waals surface area contributed by atoms with Gasteiger partial charge in [0.05, 0.1) is 19.1 Å². The zero-order valence-corrected chi connectivity index (χ0v) is 14.7. The summed E-state index contributed by atoms with van der Waals surface area (Å²) in [5.74, 6) is 0.0962. The van der Waals surface area contributed by atoms with Crippen LogP contribution in [0.2, 0.25) is 0 Å². The van der Waals surface area contributed by atoms with E-state index in [-0.39, 0.29) is 5.92 Å². The highest BCUT2D eigenvalue weighted by molar-refractivity contribution is 5.70. The second kappa shape index (κ2) is 9.17. The van der Waals surface area contributed by atoms with E-state index >= 15 is 0 Å². The molecule has 0 amide bonds. The van der Waals surface area contributed by atoms with Gasteiger partial charge in [-0.3, -0.25) is 14.6 Å². The lowest BCUT2D eigenvalue weighted by atomic mass is 9.97. The number of hydrogen-bond donors (Lipinski definition) is 1. The van der Waals surface area contributed by atoms with Crippen molar-refractivity contribution in [1.29, 1.82) is 0 Å². The van der Waals surface area contributed by atoms with Crippen molar-refractivity contribution < 1.29 is 19.4 Å². The average molecular weight is 348 g/mol. The van der Waals surface area contributed by atoms with E-state index in [1.807, 2.05) is 18.2 Å². The summed E-state index contributed by atoms with van der Waals surface area (Å²) in [4.78, 5) is 15.8. The van der Waals surface area contributed by atoms with Gasteiger partial charge in [0.2, 0.25) is 0 Å². The van der Waals surface area contributed by atoms with Gasteiger partial charge in [-0.15, -0.1) is 0 Å². The molecule has 138 valence electrons. The van der Waals surface area contributed by atoms with Crippen molar-refractivity contribution in [3.8, 4) is 5.75 Å². The van der Waals surface area contributed by atoms with Crippen molar-refractivity contribution in [3.63, 3.8) is 0 Å². The van der Waals surface area contributed by atoms with Crippen LogP contribution in [0.3, 0.4) is 0 Å². The Labute approximate surface area is 149 Å². The molecule has 2 heterocycles. The van der Waals surface area contributed by atoms with Gasteiger partial charge in [-0.05, 0) is 32.0 Å². The van der Waals surface area contributed by atoms with Crippen LogP contribution in [0.5, 0.6) is 5.75 Å². The van der Waals surface area contributed by atoms with E-state index in [2.05, 4.69) is 15.9 Å². The van der Waals surface area contributed by atoms with Crippen LogP contribution >= 0.6 is 0 Å². The third-order valence-electron chi connectivity index (χ3n) is 5.07. The number of para-hydroxylation sites is 1. The Morgan fingerprint density at radius 2 is 1.84 bits per heavy atom. The SMILES string of the molecule is O=C(O)C1CCN(Cc2ccccc2OCCN2CCOCC2)CC1. The fourth-order valence-corrected chi connectivity index (χ4v) is 3.46. The molecule has 0 unspecified atom stereocenters. The fraction of sp³-hybridized carbons (Fsp3) is 0.632. The lowest BCUT2D eigenvalue weighted by molar-refractivity contribution is -0.143. The van der Waals surface area contributed by atoms with Crippen LogP contribution in [0.25, 0.3) is 0 Å². The van der Waals surface area contributed by atoms with Gasteiger partial charge in [0, 0.05) is 31.7 Å². The topological polar surface area (TPSA) is 62.2 Å². The second-order valence-corrected chi connectivity index (χ2v) is 6.80. The molecule has 0 atom stereocenters. The molecule has 0 bridgehead atoms. The number of carboxylic acids is 1. The average Bonchev–Trinajstić information content (AvgIpc) is 2.64. The van der Waals surface area contributed by atoms with Gasteiger partial charge in [-0.25, -0.2) is 0 Å². The predicted molar refractivity (Wildman–Crippen MR) is 94.8 cm³/mol. The zero-order chi connectivity index (χ0) is 17.5. The minimum Gasteiger partial charge on any atom is -0.492 e. The highest BCUT2D eigenvalue weighted by Gasteiger charge is 2.24. The quantitative estimate of drug-likeness (QED) is 0.809. The van der Waals surface area contributed by atoms with E-state index in [9.17, 15) is 4.79 Å². The van der Waals surface area contributed by atoms with Crippen molar-refractivity contribution in [2.45, 2.75) is 19.4 Å². The lowest BCUT2D eigenvalue weighted by Crippen LogP contribution is -2.38. The van der Waals surface area contributed by atoms with Crippen LogP contribution in [0.1, 0.15) is 18.4 Å². The summed E-state index contributed by atoms with van der Waals surface area (Å²) >= 11 is 0. The Hall–Kier alpha value is -1.63. The number of carboxylic acid groups (broad SMARTS) is 1. The van der Waals surface area contributed by atoms with Crippen LogP contribution in [0, 0.1) is 5.92 Å². The molecule has 1 aromatic carbocycles. The van der Waals surface area contributed by atoms with Gasteiger partial charge in [0.1, 0.15) is 12.4 Å². The van der Waals surface area contributed by atoms with Crippen molar-refractivity contribution in [3.05, 3.63) is 29.8 Å². The van der Waals surface area contributed by atoms with E-state index in [4.69, 9.17) is 14.6 Å². The van der Waals surface area contributed by atoms with Crippen molar-refractivity contribution in [2.75, 3.05) is 52.5 Å². The summed E-state index contributed by atoms with van der Waals surface area (Å²) in [6, 6.07) is 8.17. The number of hydrogen-bond acceptors (Lipinski definition) is 5. The van der Waals surface area contributed by atoms with Gasteiger partial charge < -0.3 is 14.6 Å². The minimum absolute atomic E-state index is 0.184. The minimum atomic E-state index is -0.661. The van der Waals surface area contributed by atoms with Crippen LogP contribution < -0.4 is 4.74 Å². The van der Waals surface area contributed by atoms with Gasteiger partial charge in [-0.2, -0.15) is 0 Å². The third-order valence-corrected chi connectivity index (χ3v) is 5.07. The number of piperidine rings is 1. The van der Waals surface area contributed by atoms with Gasteiger partial charge in [0.15, 0.2) is 0 Å². The largest absolute Gasteiger partial charge is 0.492 e. The number of rotatable bonds is 7. The number of likely N-dealkylation sites (tertiary alicyclic amines) is 1. The monoisotopic (exact) mass is 348 g/mol. The Kier molecular flexibility index (Phi) is 6.67. The lowest BCUT2D eigenvalue weighted by Gasteiger charge is -2.30. The summed E-state index contributed by atoms with van der Waals surface area (Å²) in [6.07, 6.45) is 1.46. The van der Waals surface area contributed by atoms with E-state index in [1.165, 1.54) is 5.56 Å². The van der Waals surface area contributed by atoms with Crippen LogP contribution in [0.15, 0.2) is 24.3 Å². The number of ether oxygens (including phenoxy) is 2. The molecule has 0 aromatic heterocycles. The summed E-state index contributed by atoms with van der Waals surface area (Å²) in [5.41, 5.74) is 1.18. The molecule has 0 spiro atoms. The van der Waals surface area contributed by atoms with E-state index in [0.29, 0.717) is 6.61 Å². The Morgan fingerprint density at radius 1 is 1.12 bits per heavy atom. The molecular weight excluding hydrogens is 320 g/mol. The molecule has 0 radical (unpaired) electrons.